The third-order valence-corrected chi connectivity index (χ3v) is 4.98. The van der Waals surface area contributed by atoms with Gasteiger partial charge in [-0.3, -0.25) is 19.2 Å². The minimum atomic E-state index is -3.96. The summed E-state index contributed by atoms with van der Waals surface area (Å²) in [7, 11) is -2.67. The van der Waals surface area contributed by atoms with Crippen molar-refractivity contribution in [1.82, 2.24) is 0 Å². The first-order valence-corrected chi connectivity index (χ1v) is 10.1. The van der Waals surface area contributed by atoms with E-state index in [9.17, 15) is 23.3 Å². The standard InChI is InChI=1S/C18H18N4O6S/c1-28-17-8-7-15(22(24)25)11-16(17)21(29(2,26)27)12-18(23)20-14-5-3-13(4-6-14)9-10-19/h3-8,11H,9,12H2,1-2H3,(H,20,23). The number of hydrogen-bond acceptors (Lipinski definition) is 7. The fourth-order valence-corrected chi connectivity index (χ4v) is 3.35. The molecule has 11 heteroatoms. The van der Waals surface area contributed by atoms with E-state index >= 15 is 0 Å². The Morgan fingerprint density at radius 2 is 1.93 bits per heavy atom. The van der Waals surface area contributed by atoms with Crippen LogP contribution in [0.5, 0.6) is 5.75 Å². The molecule has 2 rings (SSSR count). The molecule has 0 saturated carbocycles. The van der Waals surface area contributed by atoms with E-state index in [-0.39, 0.29) is 23.5 Å². The van der Waals surface area contributed by atoms with Gasteiger partial charge in [0.25, 0.3) is 5.69 Å². The first kappa shape index (κ1) is 21.6. The number of rotatable bonds is 8. The van der Waals surface area contributed by atoms with Gasteiger partial charge in [-0.05, 0) is 23.8 Å². The molecular formula is C18H18N4O6S. The van der Waals surface area contributed by atoms with Crippen LogP contribution in [-0.4, -0.2) is 39.2 Å². The number of non-ortho nitro benzene ring substituents is 1. The number of anilines is 2. The van der Waals surface area contributed by atoms with Gasteiger partial charge in [0.1, 0.15) is 18.0 Å². The molecule has 0 atom stereocenters. The molecule has 0 fully saturated rings. The number of nitriles is 1. The van der Waals surface area contributed by atoms with E-state index in [0.717, 1.165) is 22.2 Å². The van der Waals surface area contributed by atoms with Crippen LogP contribution in [0.3, 0.4) is 0 Å². The molecule has 2 aromatic carbocycles. The highest BCUT2D eigenvalue weighted by atomic mass is 32.2. The van der Waals surface area contributed by atoms with Gasteiger partial charge in [-0.15, -0.1) is 0 Å². The SMILES string of the molecule is COc1ccc([N+](=O)[O-])cc1N(CC(=O)Nc1ccc(CC#N)cc1)S(C)(=O)=O. The molecule has 0 spiro atoms. The minimum Gasteiger partial charge on any atom is -0.495 e. The van der Waals surface area contributed by atoms with Crippen LogP contribution in [0, 0.1) is 21.4 Å². The molecule has 0 aliphatic carbocycles. The number of benzene rings is 2. The van der Waals surface area contributed by atoms with E-state index in [1.807, 2.05) is 6.07 Å². The smallest absolute Gasteiger partial charge is 0.271 e. The van der Waals surface area contributed by atoms with Gasteiger partial charge in [-0.2, -0.15) is 5.26 Å². The lowest BCUT2D eigenvalue weighted by Crippen LogP contribution is -2.37. The topological polar surface area (TPSA) is 143 Å². The largest absolute Gasteiger partial charge is 0.495 e. The summed E-state index contributed by atoms with van der Waals surface area (Å²) in [6.07, 6.45) is 1.11. The molecule has 1 N–H and O–H groups in total. The second-order valence-corrected chi connectivity index (χ2v) is 7.87. The number of nitro benzene ring substituents is 1. The Labute approximate surface area is 167 Å². The van der Waals surface area contributed by atoms with E-state index in [0.29, 0.717) is 5.69 Å². The molecule has 0 unspecified atom stereocenters. The normalized spacial score (nSPS) is 10.7. The van der Waals surface area contributed by atoms with Gasteiger partial charge in [0.15, 0.2) is 0 Å². The van der Waals surface area contributed by atoms with Crippen molar-refractivity contribution in [1.29, 1.82) is 5.26 Å². The highest BCUT2D eigenvalue weighted by Crippen LogP contribution is 2.33. The summed E-state index contributed by atoms with van der Waals surface area (Å²) < 4.78 is 30.4. The van der Waals surface area contributed by atoms with Gasteiger partial charge < -0.3 is 10.1 Å². The molecular weight excluding hydrogens is 400 g/mol. The maximum atomic E-state index is 12.4. The Kier molecular flexibility index (Phi) is 6.74. The van der Waals surface area contributed by atoms with Gasteiger partial charge in [-0.25, -0.2) is 8.42 Å². The van der Waals surface area contributed by atoms with Gasteiger partial charge in [0.2, 0.25) is 15.9 Å². The molecule has 2 aromatic rings. The molecule has 1 amide bonds. The zero-order valence-corrected chi connectivity index (χ0v) is 16.5. The summed E-state index contributed by atoms with van der Waals surface area (Å²) in [5.74, 6) is -0.591. The quantitative estimate of drug-likeness (QED) is 0.510. The van der Waals surface area contributed by atoms with Crippen molar-refractivity contribution in [3.63, 3.8) is 0 Å². The van der Waals surface area contributed by atoms with E-state index < -0.39 is 27.4 Å². The molecule has 152 valence electrons. The lowest BCUT2D eigenvalue weighted by Gasteiger charge is -2.23. The maximum Gasteiger partial charge on any atom is 0.271 e. The van der Waals surface area contributed by atoms with Crippen molar-refractivity contribution in [2.45, 2.75) is 6.42 Å². The average Bonchev–Trinajstić information content (AvgIpc) is 2.66. The first-order chi connectivity index (χ1) is 13.7. The summed E-state index contributed by atoms with van der Waals surface area (Å²) in [6.45, 7) is -0.615. The maximum absolute atomic E-state index is 12.4. The molecule has 0 saturated heterocycles. The Balaban J connectivity index is 2.30. The average molecular weight is 418 g/mol. The number of carbonyl (C=O) groups is 1. The molecule has 0 heterocycles. The summed E-state index contributed by atoms with van der Waals surface area (Å²) in [6, 6.07) is 12.0. The second kappa shape index (κ2) is 9.03. The molecule has 0 aromatic heterocycles. The van der Waals surface area contributed by atoms with Gasteiger partial charge in [0, 0.05) is 17.8 Å². The lowest BCUT2D eigenvalue weighted by molar-refractivity contribution is -0.384. The number of carbonyl (C=O) groups excluding carboxylic acids is 1. The summed E-state index contributed by atoms with van der Waals surface area (Å²) >= 11 is 0. The van der Waals surface area contributed by atoms with Crippen molar-refractivity contribution in [2.24, 2.45) is 0 Å². The van der Waals surface area contributed by atoms with Gasteiger partial charge in [-0.1, -0.05) is 12.1 Å². The summed E-state index contributed by atoms with van der Waals surface area (Å²) in [5, 5.41) is 22.3. The summed E-state index contributed by atoms with van der Waals surface area (Å²) in [4.78, 5) is 22.8. The van der Waals surface area contributed by atoms with E-state index in [4.69, 9.17) is 10.00 Å². The predicted octanol–water partition coefficient (Wildman–Crippen LogP) is 2.07. The Bertz CT molecular complexity index is 1060. The fraction of sp³-hybridized carbons (Fsp3) is 0.222. The van der Waals surface area contributed by atoms with Gasteiger partial charge >= 0.3 is 0 Å². The number of methoxy groups -OCH3 is 1. The lowest BCUT2D eigenvalue weighted by atomic mass is 10.1. The Hall–Kier alpha value is -3.65. The van der Waals surface area contributed by atoms with Crippen molar-refractivity contribution in [3.05, 3.63) is 58.1 Å². The number of nitrogens with zero attached hydrogens (tertiary/aromatic N) is 3. The van der Waals surface area contributed by atoms with E-state index in [1.165, 1.54) is 19.2 Å². The van der Waals surface area contributed by atoms with Crippen LogP contribution in [0.1, 0.15) is 5.56 Å². The highest BCUT2D eigenvalue weighted by Gasteiger charge is 2.26. The molecule has 0 aliphatic heterocycles. The van der Waals surface area contributed by atoms with Crippen LogP contribution in [0.15, 0.2) is 42.5 Å². The highest BCUT2D eigenvalue weighted by molar-refractivity contribution is 7.92. The van der Waals surface area contributed by atoms with Crippen LogP contribution >= 0.6 is 0 Å². The van der Waals surface area contributed by atoms with Gasteiger partial charge in [0.05, 0.1) is 30.8 Å². The molecule has 0 bridgehead atoms. The van der Waals surface area contributed by atoms with Crippen LogP contribution in [0.25, 0.3) is 0 Å². The minimum absolute atomic E-state index is 0.0645. The third-order valence-electron chi connectivity index (χ3n) is 3.85. The number of hydrogen-bond donors (Lipinski definition) is 1. The zero-order valence-electron chi connectivity index (χ0n) is 15.7. The van der Waals surface area contributed by atoms with Crippen LogP contribution in [-0.2, 0) is 21.2 Å². The van der Waals surface area contributed by atoms with E-state index in [1.54, 1.807) is 24.3 Å². The van der Waals surface area contributed by atoms with E-state index in [2.05, 4.69) is 5.32 Å². The number of sulfonamides is 1. The van der Waals surface area contributed by atoms with Crippen LogP contribution in [0.4, 0.5) is 17.1 Å². The van der Waals surface area contributed by atoms with Crippen LogP contribution < -0.4 is 14.4 Å². The monoisotopic (exact) mass is 418 g/mol. The Morgan fingerprint density at radius 3 is 2.45 bits per heavy atom. The third kappa shape index (κ3) is 5.66. The second-order valence-electron chi connectivity index (χ2n) is 5.96. The fourth-order valence-electron chi connectivity index (χ4n) is 2.50. The number of nitrogens with one attached hydrogen (secondary N) is 1. The Morgan fingerprint density at radius 1 is 1.28 bits per heavy atom. The predicted molar refractivity (Wildman–Crippen MR) is 106 cm³/mol. The number of amides is 1. The van der Waals surface area contributed by atoms with Crippen molar-refractivity contribution in [3.8, 4) is 11.8 Å². The number of ether oxygens (including phenoxy) is 1. The first-order valence-electron chi connectivity index (χ1n) is 8.21. The molecule has 10 nitrogen and oxygen atoms in total. The molecule has 0 radical (unpaired) electrons. The molecule has 0 aliphatic rings. The van der Waals surface area contributed by atoms with Crippen LogP contribution in [0.2, 0.25) is 0 Å². The summed E-state index contributed by atoms with van der Waals surface area (Å²) in [5.41, 5.74) is 0.715. The van der Waals surface area contributed by atoms with Crippen molar-refractivity contribution in [2.75, 3.05) is 29.5 Å². The van der Waals surface area contributed by atoms with Crippen molar-refractivity contribution < 1.29 is 22.9 Å². The molecule has 29 heavy (non-hydrogen) atoms. The van der Waals surface area contributed by atoms with Crippen molar-refractivity contribution >= 4 is 33.0 Å². The number of nitro groups is 1. The zero-order chi connectivity index (χ0) is 21.6.